The van der Waals surface area contributed by atoms with Crippen molar-refractivity contribution in [1.82, 2.24) is 0 Å². The monoisotopic (exact) mass is 246 g/mol. The molecule has 0 aliphatic carbocycles. The fraction of sp³-hybridized carbons (Fsp3) is 0.571. The Balaban J connectivity index is 0.000000336. The fourth-order valence-corrected chi connectivity index (χ4v) is 1.22. The van der Waals surface area contributed by atoms with Gasteiger partial charge in [0.2, 0.25) is 0 Å². The number of quaternary nitrogens is 1. The van der Waals surface area contributed by atoms with Crippen LogP contribution < -0.4 is 4.90 Å². The van der Waals surface area contributed by atoms with Crippen LogP contribution in [0.5, 0.6) is 0 Å². The van der Waals surface area contributed by atoms with Crippen molar-refractivity contribution in [3.05, 3.63) is 11.9 Å². The normalized spacial score (nSPS) is 20.3. The predicted octanol–water partition coefficient (Wildman–Crippen LogP) is 2.05. The maximum absolute atomic E-state index is 9.75. The third kappa shape index (κ3) is 7.38. The third-order valence-corrected chi connectivity index (χ3v) is 1.92. The highest BCUT2D eigenvalue weighted by Crippen LogP contribution is 2.06. The zero-order chi connectivity index (χ0) is 12.1. The summed E-state index contributed by atoms with van der Waals surface area (Å²) in [4.78, 5) is 5.33. The average Bonchev–Trinajstić information content (AvgIpc) is 2.43. The first-order valence-electron chi connectivity index (χ1n) is 4.46. The molecule has 1 heterocycles. The number of aliphatic imine (C=N–C) groups is 1. The Morgan fingerprint density at radius 2 is 1.80 bits per heavy atom. The van der Waals surface area contributed by atoms with E-state index in [2.05, 4.69) is 25.0 Å². The highest BCUT2D eigenvalue weighted by Gasteiger charge is 2.20. The van der Waals surface area contributed by atoms with E-state index in [9.17, 15) is 17.3 Å². The first-order chi connectivity index (χ1) is 6.77. The van der Waals surface area contributed by atoms with Gasteiger partial charge in [0.05, 0.1) is 6.54 Å². The molecule has 1 aliphatic heterocycles. The van der Waals surface area contributed by atoms with Crippen molar-refractivity contribution in [2.75, 3.05) is 6.54 Å². The van der Waals surface area contributed by atoms with Crippen molar-refractivity contribution in [2.45, 2.75) is 20.3 Å². The summed E-state index contributed by atoms with van der Waals surface area (Å²) in [6.07, 6.45) is 3.04. The van der Waals surface area contributed by atoms with Gasteiger partial charge in [-0.15, -0.1) is 0 Å². The summed E-state index contributed by atoms with van der Waals surface area (Å²) in [6, 6.07) is 0. The van der Waals surface area contributed by atoms with Gasteiger partial charge in [0.15, 0.2) is 0 Å². The van der Waals surface area contributed by atoms with Crippen molar-refractivity contribution in [3.8, 4) is 0 Å². The summed E-state index contributed by atoms with van der Waals surface area (Å²) >= 11 is 5.81. The Kier molecular flexibility index (Phi) is 5.89. The molecule has 1 aliphatic rings. The minimum atomic E-state index is -6.00. The van der Waals surface area contributed by atoms with Crippen molar-refractivity contribution in [3.63, 3.8) is 0 Å². The van der Waals surface area contributed by atoms with E-state index in [0.717, 1.165) is 18.7 Å². The molecule has 1 N–H and O–H groups in total. The van der Waals surface area contributed by atoms with Gasteiger partial charge in [0.25, 0.3) is 0 Å². The van der Waals surface area contributed by atoms with Gasteiger partial charge in [0.1, 0.15) is 11.9 Å². The number of halogens is 5. The molecular weight excluding hydrogens is 234 g/mol. The molecule has 0 spiro atoms. The molecule has 8 heteroatoms. The van der Waals surface area contributed by atoms with E-state index in [1.807, 2.05) is 0 Å². The van der Waals surface area contributed by atoms with E-state index in [4.69, 9.17) is 11.6 Å². The molecule has 0 saturated heterocycles. The van der Waals surface area contributed by atoms with E-state index >= 15 is 0 Å². The van der Waals surface area contributed by atoms with Crippen LogP contribution >= 0.6 is 11.6 Å². The molecule has 1 atom stereocenters. The van der Waals surface area contributed by atoms with Gasteiger partial charge < -0.3 is 17.3 Å². The topological polar surface area (TPSA) is 16.8 Å². The molecule has 0 fully saturated rings. The Hall–Kier alpha value is -0.555. The number of nitrogens with one attached hydrogen (secondary N) is 1. The van der Waals surface area contributed by atoms with Gasteiger partial charge in [-0.3, -0.25) is 0 Å². The Morgan fingerprint density at radius 3 is 2.00 bits per heavy atom. The zero-order valence-electron chi connectivity index (χ0n) is 8.41. The number of amidine groups is 1. The van der Waals surface area contributed by atoms with Crippen molar-refractivity contribution >= 4 is 24.2 Å². The van der Waals surface area contributed by atoms with Crippen LogP contribution in [0.1, 0.15) is 20.3 Å². The molecule has 2 nitrogen and oxygen atoms in total. The zero-order valence-corrected chi connectivity index (χ0v) is 9.16. The van der Waals surface area contributed by atoms with Crippen LogP contribution in [0.3, 0.4) is 0 Å². The highest BCUT2D eigenvalue weighted by molar-refractivity contribution is 6.62. The third-order valence-electron chi connectivity index (χ3n) is 1.59. The second kappa shape index (κ2) is 6.12. The molecule has 0 aromatic rings. The molecule has 0 amide bonds. The molecule has 0 aromatic heterocycles. The van der Waals surface area contributed by atoms with E-state index in [0.29, 0.717) is 5.29 Å². The largest absolute Gasteiger partial charge is 0.673 e. The lowest BCUT2D eigenvalue weighted by Gasteiger charge is -2.01. The maximum atomic E-state index is 9.75. The van der Waals surface area contributed by atoms with Gasteiger partial charge in [-0.05, 0) is 13.3 Å². The molecular formula is C7H12BClF4N2. The Bertz CT molecular complexity index is 258. The van der Waals surface area contributed by atoms with Gasteiger partial charge in [-0.25, -0.2) is 4.90 Å². The SMILES string of the molecule is CCC1=C[NH+](CC)C(Cl)=N1.F[B-](F)(F)F. The van der Waals surface area contributed by atoms with E-state index in [-0.39, 0.29) is 0 Å². The summed E-state index contributed by atoms with van der Waals surface area (Å²) < 4.78 is 39.0. The molecule has 15 heavy (non-hydrogen) atoms. The summed E-state index contributed by atoms with van der Waals surface area (Å²) in [6.45, 7) is 5.15. The predicted molar refractivity (Wildman–Crippen MR) is 53.4 cm³/mol. The van der Waals surface area contributed by atoms with Crippen molar-refractivity contribution in [2.24, 2.45) is 4.99 Å². The summed E-state index contributed by atoms with van der Waals surface area (Å²) in [5.74, 6) is 0. The minimum absolute atomic E-state index is 0.680. The second-order valence-electron chi connectivity index (χ2n) is 2.77. The molecule has 1 rings (SSSR count). The summed E-state index contributed by atoms with van der Waals surface area (Å²) in [5.41, 5.74) is 1.10. The molecule has 88 valence electrons. The van der Waals surface area contributed by atoms with Crippen LogP contribution in [-0.4, -0.2) is 19.1 Å². The van der Waals surface area contributed by atoms with Crippen LogP contribution in [0, 0.1) is 0 Å². The highest BCUT2D eigenvalue weighted by atomic mass is 35.5. The van der Waals surface area contributed by atoms with Gasteiger partial charge >= 0.3 is 12.5 Å². The van der Waals surface area contributed by atoms with Gasteiger partial charge in [0, 0.05) is 11.6 Å². The molecule has 0 saturated carbocycles. The smallest absolute Gasteiger partial charge is 0.418 e. The Labute approximate surface area is 90.7 Å². The summed E-state index contributed by atoms with van der Waals surface area (Å²) in [5, 5.41) is 0.680. The fourth-order valence-electron chi connectivity index (χ4n) is 0.920. The lowest BCUT2D eigenvalue weighted by molar-refractivity contribution is -0.738. The van der Waals surface area contributed by atoms with Crippen molar-refractivity contribution in [1.29, 1.82) is 0 Å². The van der Waals surface area contributed by atoms with Crippen LogP contribution in [0.25, 0.3) is 0 Å². The van der Waals surface area contributed by atoms with Crippen LogP contribution in [0.15, 0.2) is 16.9 Å². The van der Waals surface area contributed by atoms with Crippen LogP contribution in [0.4, 0.5) is 17.3 Å². The number of nitrogens with zero attached hydrogens (tertiary/aromatic N) is 1. The number of rotatable bonds is 2. The maximum Gasteiger partial charge on any atom is 0.673 e. The second-order valence-corrected chi connectivity index (χ2v) is 3.12. The summed E-state index contributed by atoms with van der Waals surface area (Å²) in [7, 11) is -6.00. The average molecular weight is 246 g/mol. The van der Waals surface area contributed by atoms with Crippen LogP contribution in [0.2, 0.25) is 0 Å². The first kappa shape index (κ1) is 14.4. The first-order valence-corrected chi connectivity index (χ1v) is 4.84. The number of hydrogen-bond donors (Lipinski definition) is 1. The van der Waals surface area contributed by atoms with E-state index in [1.54, 1.807) is 0 Å². The quantitative estimate of drug-likeness (QED) is 0.436. The molecule has 1 unspecified atom stereocenters. The van der Waals surface area contributed by atoms with Crippen LogP contribution in [-0.2, 0) is 0 Å². The lowest BCUT2D eigenvalue weighted by atomic mass is 10.3. The molecule has 0 aromatic carbocycles. The standard InChI is InChI=1S/C7H11ClN2.BF4/c1-3-6-5-10(4-2)7(8)9-6;2-1(3,4)5/h5H,3-4H2,1-2H3;/q;-1/p+1. The number of hydrogen-bond acceptors (Lipinski definition) is 1. The van der Waals surface area contributed by atoms with Gasteiger partial charge in [-0.1, -0.05) is 6.92 Å². The minimum Gasteiger partial charge on any atom is -0.418 e. The molecule has 0 bridgehead atoms. The number of allylic oxidation sites excluding steroid dienone is 1. The van der Waals surface area contributed by atoms with E-state index < -0.39 is 7.25 Å². The molecule has 0 radical (unpaired) electrons. The Morgan fingerprint density at radius 1 is 1.33 bits per heavy atom. The van der Waals surface area contributed by atoms with Gasteiger partial charge in [-0.2, -0.15) is 4.99 Å². The van der Waals surface area contributed by atoms with E-state index in [1.165, 1.54) is 4.90 Å². The van der Waals surface area contributed by atoms with Crippen molar-refractivity contribution < 1.29 is 22.2 Å². The lowest BCUT2D eigenvalue weighted by Crippen LogP contribution is -3.08.